The molecule has 0 aliphatic heterocycles. The summed E-state index contributed by atoms with van der Waals surface area (Å²) >= 11 is 5.58. The summed E-state index contributed by atoms with van der Waals surface area (Å²) in [6.45, 7) is 0. The first-order valence-electron chi connectivity index (χ1n) is 5.41. The third kappa shape index (κ3) is 2.97. The summed E-state index contributed by atoms with van der Waals surface area (Å²) < 4.78 is 23.9. The van der Waals surface area contributed by atoms with Crippen LogP contribution in [0.4, 0.5) is 4.39 Å². The highest BCUT2D eigenvalue weighted by Crippen LogP contribution is 2.33. The number of halogens is 2. The smallest absolute Gasteiger partial charge is 0.335 e. The fourth-order valence-corrected chi connectivity index (χ4v) is 1.62. The van der Waals surface area contributed by atoms with Crippen molar-refractivity contribution >= 4 is 17.6 Å². The van der Waals surface area contributed by atoms with Gasteiger partial charge in [0.05, 0.1) is 17.7 Å². The number of hydrogen-bond donors (Lipinski definition) is 1. The molecule has 0 aliphatic carbocycles. The molecule has 1 aromatic heterocycles. The molecule has 0 atom stereocenters. The standard InChI is InChI=1S/C13H9ClFNO4/c1-19-10-3-2-7(13(17)18)4-11(10)20-12-9(15)5-8(14)6-16-12/h2-6H,1H3,(H,17,18). The second-order valence-electron chi connectivity index (χ2n) is 3.71. The predicted molar refractivity (Wildman–Crippen MR) is 69.2 cm³/mol. The second kappa shape index (κ2) is 5.75. The van der Waals surface area contributed by atoms with Crippen molar-refractivity contribution in [3.63, 3.8) is 0 Å². The van der Waals surface area contributed by atoms with Crippen LogP contribution in [-0.2, 0) is 0 Å². The van der Waals surface area contributed by atoms with E-state index in [9.17, 15) is 9.18 Å². The Kier molecular flexibility index (Phi) is 4.05. The van der Waals surface area contributed by atoms with E-state index in [0.717, 1.165) is 6.07 Å². The van der Waals surface area contributed by atoms with Crippen molar-refractivity contribution in [2.75, 3.05) is 7.11 Å². The van der Waals surface area contributed by atoms with Crippen LogP contribution in [0.3, 0.4) is 0 Å². The molecule has 20 heavy (non-hydrogen) atoms. The lowest BCUT2D eigenvalue weighted by Crippen LogP contribution is -1.99. The molecule has 0 aliphatic rings. The number of carboxylic acid groups (broad SMARTS) is 1. The van der Waals surface area contributed by atoms with Gasteiger partial charge < -0.3 is 14.6 Å². The van der Waals surface area contributed by atoms with Crippen molar-refractivity contribution in [1.29, 1.82) is 0 Å². The van der Waals surface area contributed by atoms with Gasteiger partial charge in [-0.2, -0.15) is 0 Å². The number of rotatable bonds is 4. The number of hydrogen-bond acceptors (Lipinski definition) is 4. The van der Waals surface area contributed by atoms with E-state index in [1.165, 1.54) is 31.5 Å². The number of carbonyl (C=O) groups is 1. The number of ether oxygens (including phenoxy) is 2. The fraction of sp³-hybridized carbons (Fsp3) is 0.0769. The molecule has 0 saturated carbocycles. The van der Waals surface area contributed by atoms with Crippen LogP contribution in [0.25, 0.3) is 0 Å². The van der Waals surface area contributed by atoms with Gasteiger partial charge in [0.25, 0.3) is 5.88 Å². The van der Waals surface area contributed by atoms with Crippen LogP contribution in [0.15, 0.2) is 30.5 Å². The SMILES string of the molecule is COc1ccc(C(=O)O)cc1Oc1ncc(Cl)cc1F. The van der Waals surface area contributed by atoms with Gasteiger partial charge in [-0.1, -0.05) is 11.6 Å². The normalized spacial score (nSPS) is 10.2. The van der Waals surface area contributed by atoms with Crippen molar-refractivity contribution in [2.24, 2.45) is 0 Å². The zero-order valence-electron chi connectivity index (χ0n) is 10.3. The van der Waals surface area contributed by atoms with Gasteiger partial charge in [0.15, 0.2) is 17.3 Å². The third-order valence-corrected chi connectivity index (χ3v) is 2.60. The molecule has 0 radical (unpaired) electrons. The van der Waals surface area contributed by atoms with Crippen molar-refractivity contribution in [1.82, 2.24) is 4.98 Å². The van der Waals surface area contributed by atoms with E-state index in [2.05, 4.69) is 4.98 Å². The van der Waals surface area contributed by atoms with Gasteiger partial charge in [-0.3, -0.25) is 0 Å². The Morgan fingerprint density at radius 2 is 2.10 bits per heavy atom. The molecule has 0 amide bonds. The lowest BCUT2D eigenvalue weighted by atomic mass is 10.2. The highest BCUT2D eigenvalue weighted by atomic mass is 35.5. The van der Waals surface area contributed by atoms with Crippen LogP contribution in [0.5, 0.6) is 17.4 Å². The van der Waals surface area contributed by atoms with E-state index < -0.39 is 11.8 Å². The van der Waals surface area contributed by atoms with Crippen LogP contribution in [0.2, 0.25) is 5.02 Å². The van der Waals surface area contributed by atoms with Gasteiger partial charge in [-0.15, -0.1) is 0 Å². The lowest BCUT2D eigenvalue weighted by molar-refractivity contribution is 0.0696. The van der Waals surface area contributed by atoms with E-state index >= 15 is 0 Å². The lowest BCUT2D eigenvalue weighted by Gasteiger charge is -2.10. The first kappa shape index (κ1) is 14.1. The molecule has 2 rings (SSSR count). The maximum absolute atomic E-state index is 13.6. The number of carboxylic acids is 1. The van der Waals surface area contributed by atoms with Crippen LogP contribution in [-0.4, -0.2) is 23.2 Å². The van der Waals surface area contributed by atoms with Crippen LogP contribution in [0, 0.1) is 5.82 Å². The zero-order chi connectivity index (χ0) is 14.7. The Hall–Kier alpha value is -2.34. The van der Waals surface area contributed by atoms with Gasteiger partial charge in [0.2, 0.25) is 0 Å². The molecule has 0 bridgehead atoms. The van der Waals surface area contributed by atoms with Gasteiger partial charge in [-0.25, -0.2) is 14.2 Å². The Bertz CT molecular complexity index is 663. The molecular formula is C13H9ClFNO4. The molecule has 104 valence electrons. The van der Waals surface area contributed by atoms with Crippen LogP contribution >= 0.6 is 11.6 Å². The first-order chi connectivity index (χ1) is 9.51. The molecule has 1 N–H and O–H groups in total. The first-order valence-corrected chi connectivity index (χ1v) is 5.79. The molecule has 0 spiro atoms. The maximum Gasteiger partial charge on any atom is 0.335 e. The molecule has 2 aromatic rings. The number of methoxy groups -OCH3 is 1. The number of aromatic nitrogens is 1. The van der Waals surface area contributed by atoms with Crippen molar-refractivity contribution in [2.45, 2.75) is 0 Å². The molecule has 7 heteroatoms. The predicted octanol–water partition coefficient (Wildman–Crippen LogP) is 3.37. The Morgan fingerprint density at radius 3 is 2.70 bits per heavy atom. The molecule has 0 fully saturated rings. The van der Waals surface area contributed by atoms with Crippen LogP contribution in [0.1, 0.15) is 10.4 Å². The summed E-state index contributed by atoms with van der Waals surface area (Å²) in [5.41, 5.74) is -0.0184. The van der Waals surface area contributed by atoms with E-state index in [4.69, 9.17) is 26.2 Å². The monoisotopic (exact) mass is 297 g/mol. The Balaban J connectivity index is 2.40. The fourth-order valence-electron chi connectivity index (χ4n) is 1.47. The highest BCUT2D eigenvalue weighted by molar-refractivity contribution is 6.30. The van der Waals surface area contributed by atoms with Gasteiger partial charge >= 0.3 is 5.97 Å². The second-order valence-corrected chi connectivity index (χ2v) is 4.15. The van der Waals surface area contributed by atoms with Gasteiger partial charge in [0.1, 0.15) is 0 Å². The average Bonchev–Trinajstić information content (AvgIpc) is 2.41. The molecule has 0 unspecified atom stereocenters. The summed E-state index contributed by atoms with van der Waals surface area (Å²) in [4.78, 5) is 14.6. The quantitative estimate of drug-likeness (QED) is 0.937. The molecule has 1 heterocycles. The highest BCUT2D eigenvalue weighted by Gasteiger charge is 2.14. The minimum atomic E-state index is -1.14. The van der Waals surface area contributed by atoms with E-state index in [1.54, 1.807) is 0 Å². The maximum atomic E-state index is 13.6. The number of pyridine rings is 1. The summed E-state index contributed by atoms with van der Waals surface area (Å²) in [6, 6.07) is 5.01. The number of nitrogens with zero attached hydrogens (tertiary/aromatic N) is 1. The molecular weight excluding hydrogens is 289 g/mol. The van der Waals surface area contributed by atoms with E-state index in [-0.39, 0.29) is 28.0 Å². The number of benzene rings is 1. The average molecular weight is 298 g/mol. The topological polar surface area (TPSA) is 68.7 Å². The minimum absolute atomic E-state index is 0.0184. The van der Waals surface area contributed by atoms with Crippen LogP contribution < -0.4 is 9.47 Å². The largest absolute Gasteiger partial charge is 0.493 e. The van der Waals surface area contributed by atoms with Crippen molar-refractivity contribution in [3.05, 3.63) is 46.9 Å². The van der Waals surface area contributed by atoms with Crippen molar-refractivity contribution < 1.29 is 23.8 Å². The molecule has 0 saturated heterocycles. The molecule has 1 aromatic carbocycles. The van der Waals surface area contributed by atoms with Gasteiger partial charge in [0, 0.05) is 6.20 Å². The van der Waals surface area contributed by atoms with E-state index in [0.29, 0.717) is 0 Å². The summed E-state index contributed by atoms with van der Waals surface area (Å²) in [5.74, 6) is -1.93. The van der Waals surface area contributed by atoms with Gasteiger partial charge in [-0.05, 0) is 24.3 Å². The molecule has 5 nitrogen and oxygen atoms in total. The summed E-state index contributed by atoms with van der Waals surface area (Å²) in [5, 5.41) is 9.05. The van der Waals surface area contributed by atoms with Crippen molar-refractivity contribution in [3.8, 4) is 17.4 Å². The Morgan fingerprint density at radius 1 is 1.35 bits per heavy atom. The third-order valence-electron chi connectivity index (χ3n) is 2.39. The summed E-state index contributed by atoms with van der Waals surface area (Å²) in [6.07, 6.45) is 1.22. The Labute approximate surface area is 118 Å². The number of aromatic carboxylic acids is 1. The zero-order valence-corrected chi connectivity index (χ0v) is 11.0. The minimum Gasteiger partial charge on any atom is -0.493 e. The van der Waals surface area contributed by atoms with E-state index in [1.807, 2.05) is 0 Å². The summed E-state index contributed by atoms with van der Waals surface area (Å²) in [7, 11) is 1.38.